The summed E-state index contributed by atoms with van der Waals surface area (Å²) in [6, 6.07) is 0. The van der Waals surface area contributed by atoms with E-state index in [2.05, 4.69) is 31.0 Å². The molecule has 1 saturated carbocycles. The maximum atomic E-state index is 12.6. The van der Waals surface area contributed by atoms with Gasteiger partial charge in [0, 0.05) is 18.6 Å². The van der Waals surface area contributed by atoms with E-state index in [1.165, 1.54) is 7.11 Å². The third kappa shape index (κ3) is 3.58. The van der Waals surface area contributed by atoms with E-state index in [4.69, 9.17) is 9.47 Å². The van der Waals surface area contributed by atoms with Gasteiger partial charge in [-0.05, 0) is 45.6 Å². The monoisotopic (exact) mass is 298 g/mol. The Kier molecular flexibility index (Phi) is 5.28. The third-order valence-corrected chi connectivity index (χ3v) is 4.77. The van der Waals surface area contributed by atoms with Crippen LogP contribution in [0.1, 0.15) is 40.0 Å². The lowest BCUT2D eigenvalue weighted by Crippen LogP contribution is -2.66. The molecule has 1 unspecified atom stereocenters. The largest absolute Gasteiger partial charge is 0.468 e. The lowest BCUT2D eigenvalue weighted by Gasteiger charge is -2.47. The van der Waals surface area contributed by atoms with Gasteiger partial charge in [-0.1, -0.05) is 6.92 Å². The molecule has 5 nitrogen and oxygen atoms in total. The van der Waals surface area contributed by atoms with Crippen molar-refractivity contribution in [3.8, 4) is 0 Å². The van der Waals surface area contributed by atoms with Crippen LogP contribution < -0.4 is 5.32 Å². The second kappa shape index (κ2) is 6.63. The van der Waals surface area contributed by atoms with Crippen LogP contribution in [0.5, 0.6) is 0 Å². The molecule has 1 aliphatic heterocycles. The molecule has 0 spiro atoms. The minimum absolute atomic E-state index is 0.0414. The highest BCUT2D eigenvalue weighted by atomic mass is 16.5. The first-order valence-electron chi connectivity index (χ1n) is 8.12. The summed E-state index contributed by atoms with van der Waals surface area (Å²) in [5.41, 5.74) is -0.598. The first kappa shape index (κ1) is 16.7. The van der Waals surface area contributed by atoms with Gasteiger partial charge in [-0.2, -0.15) is 0 Å². The molecule has 122 valence electrons. The number of rotatable bonds is 7. The number of hydrogen-bond acceptors (Lipinski definition) is 5. The van der Waals surface area contributed by atoms with Crippen molar-refractivity contribution in [1.82, 2.24) is 10.2 Å². The van der Waals surface area contributed by atoms with Gasteiger partial charge in [-0.25, -0.2) is 4.79 Å². The second-order valence-electron chi connectivity index (χ2n) is 6.95. The zero-order chi connectivity index (χ0) is 15.5. The first-order valence-corrected chi connectivity index (χ1v) is 8.12. The number of nitrogens with one attached hydrogen (secondary N) is 1. The summed E-state index contributed by atoms with van der Waals surface area (Å²) >= 11 is 0. The van der Waals surface area contributed by atoms with Crippen LogP contribution in [0.2, 0.25) is 0 Å². The van der Waals surface area contributed by atoms with Crippen molar-refractivity contribution in [2.45, 2.75) is 51.1 Å². The van der Waals surface area contributed by atoms with Crippen LogP contribution in [-0.4, -0.2) is 61.9 Å². The fourth-order valence-electron chi connectivity index (χ4n) is 3.22. The first-order chi connectivity index (χ1) is 9.96. The minimum Gasteiger partial charge on any atom is -0.468 e. The number of ether oxygens (including phenoxy) is 2. The Morgan fingerprint density at radius 1 is 1.48 bits per heavy atom. The predicted octanol–water partition coefficient (Wildman–Crippen LogP) is 1.42. The van der Waals surface area contributed by atoms with Crippen molar-refractivity contribution in [2.24, 2.45) is 5.92 Å². The van der Waals surface area contributed by atoms with Crippen molar-refractivity contribution in [3.05, 3.63) is 0 Å². The Morgan fingerprint density at radius 3 is 2.71 bits per heavy atom. The van der Waals surface area contributed by atoms with E-state index >= 15 is 0 Å². The molecule has 0 aromatic rings. The van der Waals surface area contributed by atoms with Gasteiger partial charge >= 0.3 is 5.97 Å². The van der Waals surface area contributed by atoms with Gasteiger partial charge in [0.05, 0.1) is 20.3 Å². The second-order valence-corrected chi connectivity index (χ2v) is 6.95. The smallest absolute Gasteiger partial charge is 0.327 e. The van der Waals surface area contributed by atoms with Crippen molar-refractivity contribution in [3.63, 3.8) is 0 Å². The van der Waals surface area contributed by atoms with E-state index in [0.717, 1.165) is 39.0 Å². The van der Waals surface area contributed by atoms with Crippen LogP contribution in [0.3, 0.4) is 0 Å². The normalized spacial score (nSPS) is 25.3. The number of nitrogens with zero attached hydrogens (tertiary/aromatic N) is 1. The van der Waals surface area contributed by atoms with Gasteiger partial charge < -0.3 is 14.8 Å². The van der Waals surface area contributed by atoms with Gasteiger partial charge in [0.25, 0.3) is 0 Å². The molecule has 1 heterocycles. The van der Waals surface area contributed by atoms with Gasteiger partial charge in [-0.15, -0.1) is 0 Å². The molecule has 1 atom stereocenters. The van der Waals surface area contributed by atoms with Crippen LogP contribution >= 0.6 is 0 Å². The molecule has 0 aromatic carbocycles. The van der Waals surface area contributed by atoms with Crippen LogP contribution in [-0.2, 0) is 14.3 Å². The molecule has 5 heteroatoms. The lowest BCUT2D eigenvalue weighted by molar-refractivity contribution is -0.153. The van der Waals surface area contributed by atoms with Gasteiger partial charge in [0.1, 0.15) is 5.54 Å². The molecule has 0 amide bonds. The molecule has 0 aromatic heterocycles. The summed E-state index contributed by atoms with van der Waals surface area (Å²) in [4.78, 5) is 14.9. The van der Waals surface area contributed by atoms with Gasteiger partial charge in [0.15, 0.2) is 0 Å². The van der Waals surface area contributed by atoms with E-state index in [1.807, 2.05) is 0 Å². The molecule has 2 rings (SSSR count). The van der Waals surface area contributed by atoms with Crippen LogP contribution in [0.15, 0.2) is 0 Å². The van der Waals surface area contributed by atoms with Crippen molar-refractivity contribution >= 4 is 5.97 Å². The highest BCUT2D eigenvalue weighted by Gasteiger charge is 2.53. The molecule has 2 fully saturated rings. The van der Waals surface area contributed by atoms with Crippen LogP contribution in [0, 0.1) is 5.92 Å². The summed E-state index contributed by atoms with van der Waals surface area (Å²) in [7, 11) is 1.50. The molecular formula is C16H30N2O3. The van der Waals surface area contributed by atoms with Gasteiger partial charge in [0.2, 0.25) is 0 Å². The molecule has 2 aliphatic rings. The summed E-state index contributed by atoms with van der Waals surface area (Å²) in [5, 5.41) is 3.52. The van der Waals surface area contributed by atoms with Crippen molar-refractivity contribution < 1.29 is 14.3 Å². The molecule has 1 N–H and O–H groups in total. The van der Waals surface area contributed by atoms with Crippen LogP contribution in [0.25, 0.3) is 0 Å². The molecule has 0 radical (unpaired) electrons. The predicted molar refractivity (Wildman–Crippen MR) is 82.2 cm³/mol. The molecule has 1 saturated heterocycles. The Labute approximate surface area is 128 Å². The lowest BCUT2D eigenvalue weighted by atomic mass is 9.89. The Hall–Kier alpha value is -0.650. The third-order valence-electron chi connectivity index (χ3n) is 4.77. The fraction of sp³-hybridized carbons (Fsp3) is 0.938. The number of carbonyl (C=O) groups is 1. The quantitative estimate of drug-likeness (QED) is 0.720. The summed E-state index contributed by atoms with van der Waals surface area (Å²) in [6.07, 6.45) is 3.23. The molecule has 0 bridgehead atoms. The highest BCUT2D eigenvalue weighted by Crippen LogP contribution is 2.42. The van der Waals surface area contributed by atoms with Crippen molar-refractivity contribution in [1.29, 1.82) is 0 Å². The number of esters is 1. The standard InChI is InChI=1S/C16H30N2O3/c1-5-8-17-16(13-6-7-13,14(19)20-4)11-18-9-10-21-12-15(18,2)3/h13,17H,5-12H2,1-4H3. The SMILES string of the molecule is CCCNC(CN1CCOCC1(C)C)(C(=O)OC)C1CC1. The summed E-state index contributed by atoms with van der Waals surface area (Å²) in [5.74, 6) is 0.288. The molecular weight excluding hydrogens is 268 g/mol. The van der Waals surface area contributed by atoms with Crippen LogP contribution in [0.4, 0.5) is 0 Å². The van der Waals surface area contributed by atoms with E-state index in [-0.39, 0.29) is 11.5 Å². The molecule has 1 aliphatic carbocycles. The number of morpholine rings is 1. The minimum atomic E-state index is -0.556. The highest BCUT2D eigenvalue weighted by molar-refractivity contribution is 5.82. The average Bonchev–Trinajstić information content (AvgIpc) is 3.29. The maximum absolute atomic E-state index is 12.6. The Morgan fingerprint density at radius 2 is 2.19 bits per heavy atom. The summed E-state index contributed by atoms with van der Waals surface area (Å²) in [6.45, 7) is 10.4. The number of methoxy groups -OCH3 is 1. The molecule has 21 heavy (non-hydrogen) atoms. The fourth-order valence-corrected chi connectivity index (χ4v) is 3.22. The summed E-state index contributed by atoms with van der Waals surface area (Å²) < 4.78 is 10.8. The zero-order valence-electron chi connectivity index (χ0n) is 13.9. The van der Waals surface area contributed by atoms with Gasteiger partial charge in [-0.3, -0.25) is 4.90 Å². The van der Waals surface area contributed by atoms with E-state index in [0.29, 0.717) is 19.1 Å². The zero-order valence-corrected chi connectivity index (χ0v) is 13.9. The van der Waals surface area contributed by atoms with E-state index in [1.54, 1.807) is 0 Å². The van der Waals surface area contributed by atoms with E-state index in [9.17, 15) is 4.79 Å². The van der Waals surface area contributed by atoms with Crippen molar-refractivity contribution in [2.75, 3.05) is 40.0 Å². The number of hydrogen-bond donors (Lipinski definition) is 1. The Bertz CT molecular complexity index is 369. The van der Waals surface area contributed by atoms with E-state index < -0.39 is 5.54 Å². The Balaban J connectivity index is 2.19. The maximum Gasteiger partial charge on any atom is 0.327 e. The topological polar surface area (TPSA) is 50.8 Å². The number of carbonyl (C=O) groups excluding carboxylic acids is 1. The average molecular weight is 298 g/mol.